The molecule has 0 saturated heterocycles. The minimum Gasteiger partial charge on any atom is -0.508 e. The first-order chi connectivity index (χ1) is 13.0. The third-order valence-electron chi connectivity index (χ3n) is 4.99. The van der Waals surface area contributed by atoms with Gasteiger partial charge in [-0.25, -0.2) is 4.79 Å². The number of ketones is 1. The molecule has 1 saturated carbocycles. The van der Waals surface area contributed by atoms with Gasteiger partial charge in [0.25, 0.3) is 0 Å². The second-order valence-electron chi connectivity index (χ2n) is 6.77. The number of carboxylic acids is 1. The first-order valence-corrected chi connectivity index (χ1v) is 9.66. The molecular weight excluding hydrogens is 360 g/mol. The maximum Gasteiger partial charge on any atom is 0.328 e. The Labute approximate surface area is 160 Å². The molecule has 2 N–H and O–H groups in total. The number of hydrogen-bond acceptors (Lipinski definition) is 4. The van der Waals surface area contributed by atoms with Crippen molar-refractivity contribution in [1.82, 2.24) is 0 Å². The largest absolute Gasteiger partial charge is 0.508 e. The summed E-state index contributed by atoms with van der Waals surface area (Å²) in [4.78, 5) is 24.4. The molecule has 27 heavy (non-hydrogen) atoms. The van der Waals surface area contributed by atoms with Gasteiger partial charge in [-0.2, -0.15) is 0 Å². The van der Waals surface area contributed by atoms with E-state index in [-0.39, 0.29) is 17.5 Å². The minimum absolute atomic E-state index is 0.100. The Hall–Kier alpha value is -2.92. The van der Waals surface area contributed by atoms with Crippen molar-refractivity contribution in [2.24, 2.45) is 5.92 Å². The van der Waals surface area contributed by atoms with Crippen molar-refractivity contribution in [2.45, 2.75) is 19.3 Å². The number of carbonyl (C=O) groups is 2. The summed E-state index contributed by atoms with van der Waals surface area (Å²) in [6.07, 6.45) is 5.62. The van der Waals surface area contributed by atoms with E-state index in [2.05, 4.69) is 0 Å². The Morgan fingerprint density at radius 2 is 1.81 bits per heavy atom. The maximum atomic E-state index is 13.0. The monoisotopic (exact) mass is 378 g/mol. The first-order valence-electron chi connectivity index (χ1n) is 8.84. The number of carboxylic acid groups (broad SMARTS) is 1. The summed E-state index contributed by atoms with van der Waals surface area (Å²) in [5.41, 5.74) is 2.60. The molecule has 0 atom stereocenters. The van der Waals surface area contributed by atoms with Crippen molar-refractivity contribution in [1.29, 1.82) is 0 Å². The van der Waals surface area contributed by atoms with E-state index in [4.69, 9.17) is 5.11 Å². The number of rotatable bonds is 5. The van der Waals surface area contributed by atoms with E-state index >= 15 is 0 Å². The van der Waals surface area contributed by atoms with Gasteiger partial charge in [0.15, 0.2) is 5.78 Å². The molecule has 2 aromatic carbocycles. The smallest absolute Gasteiger partial charge is 0.328 e. The van der Waals surface area contributed by atoms with E-state index in [1.165, 1.54) is 17.4 Å². The highest BCUT2D eigenvalue weighted by atomic mass is 32.1. The van der Waals surface area contributed by atoms with Gasteiger partial charge in [-0.15, -0.1) is 11.3 Å². The molecule has 0 amide bonds. The number of phenolic OH excluding ortho intramolecular Hbond substituents is 1. The predicted octanol–water partition coefficient (Wildman–Crippen LogP) is 5.35. The second kappa shape index (κ2) is 7.00. The normalized spacial score (nSPS) is 14.5. The van der Waals surface area contributed by atoms with Gasteiger partial charge < -0.3 is 10.2 Å². The number of aromatic hydroxyl groups is 1. The molecule has 1 heterocycles. The number of phenols is 1. The third kappa shape index (κ3) is 3.38. The minimum atomic E-state index is -0.990. The van der Waals surface area contributed by atoms with Crippen molar-refractivity contribution < 1.29 is 19.8 Å². The van der Waals surface area contributed by atoms with Crippen LogP contribution in [0.5, 0.6) is 5.75 Å². The molecule has 1 aliphatic carbocycles. The molecule has 5 heteroatoms. The van der Waals surface area contributed by atoms with Crippen LogP contribution in [0.2, 0.25) is 0 Å². The lowest BCUT2D eigenvalue weighted by molar-refractivity contribution is -0.131. The van der Waals surface area contributed by atoms with E-state index in [9.17, 15) is 14.7 Å². The van der Waals surface area contributed by atoms with E-state index in [0.29, 0.717) is 0 Å². The van der Waals surface area contributed by atoms with Crippen LogP contribution in [0.1, 0.15) is 34.5 Å². The molecule has 0 unspecified atom stereocenters. The fraction of sp³-hybridized carbons (Fsp3) is 0.182. The Kier molecular flexibility index (Phi) is 4.54. The molecule has 0 aliphatic heterocycles. The quantitative estimate of drug-likeness (QED) is 0.463. The maximum absolute atomic E-state index is 13.0. The molecule has 4 nitrogen and oxygen atoms in total. The lowest BCUT2D eigenvalue weighted by Gasteiger charge is -2.23. The summed E-state index contributed by atoms with van der Waals surface area (Å²) < 4.78 is 0.891. The molecule has 3 aromatic rings. The van der Waals surface area contributed by atoms with Crippen LogP contribution in [-0.4, -0.2) is 22.0 Å². The number of thiophene rings is 1. The Balaban J connectivity index is 1.81. The highest BCUT2D eigenvalue weighted by Crippen LogP contribution is 2.43. The van der Waals surface area contributed by atoms with Crippen LogP contribution in [0.15, 0.2) is 48.5 Å². The Morgan fingerprint density at radius 1 is 1.07 bits per heavy atom. The van der Waals surface area contributed by atoms with Crippen LogP contribution in [-0.2, 0) is 4.79 Å². The number of fused-ring (bicyclic) bond motifs is 1. The number of carbonyl (C=O) groups excluding carboxylic acids is 1. The molecule has 1 aliphatic rings. The van der Waals surface area contributed by atoms with Crippen LogP contribution >= 0.6 is 11.3 Å². The zero-order chi connectivity index (χ0) is 19.0. The summed E-state index contributed by atoms with van der Waals surface area (Å²) in [5.74, 6) is -0.516. The first kappa shape index (κ1) is 17.5. The second-order valence-corrected chi connectivity index (χ2v) is 7.82. The lowest BCUT2D eigenvalue weighted by atomic mass is 9.80. The number of aliphatic carboxylic acids is 1. The SMILES string of the molecule is O=C(O)/C=C/c1ccc(-c2c(C(=O)C3CCC3)sc3cc(O)ccc23)cc1. The van der Waals surface area contributed by atoms with Gasteiger partial charge >= 0.3 is 5.97 Å². The molecule has 0 radical (unpaired) electrons. The fourth-order valence-electron chi connectivity index (χ4n) is 3.33. The standard InChI is InChI=1S/C22H18O4S/c23-16-9-10-17-18(12-16)27-22(21(26)15-2-1-3-15)20(17)14-7-4-13(5-8-14)6-11-19(24)25/h4-12,15,23H,1-3H2,(H,24,25)/b11-6+. The Morgan fingerprint density at radius 3 is 2.44 bits per heavy atom. The number of hydrogen-bond donors (Lipinski definition) is 2. The van der Waals surface area contributed by atoms with Crippen molar-refractivity contribution in [2.75, 3.05) is 0 Å². The lowest BCUT2D eigenvalue weighted by Crippen LogP contribution is -2.21. The average Bonchev–Trinajstić information content (AvgIpc) is 2.97. The van der Waals surface area contributed by atoms with E-state index in [0.717, 1.165) is 57.0 Å². The van der Waals surface area contributed by atoms with E-state index in [1.807, 2.05) is 30.3 Å². The van der Waals surface area contributed by atoms with Crippen molar-refractivity contribution >= 4 is 39.3 Å². The zero-order valence-corrected chi connectivity index (χ0v) is 15.3. The van der Waals surface area contributed by atoms with E-state index < -0.39 is 5.97 Å². The van der Waals surface area contributed by atoms with Gasteiger partial charge in [-0.1, -0.05) is 30.7 Å². The summed E-state index contributed by atoms with van der Waals surface area (Å²) in [6.45, 7) is 0. The average molecular weight is 378 g/mol. The highest BCUT2D eigenvalue weighted by Gasteiger charge is 2.30. The van der Waals surface area contributed by atoms with Crippen molar-refractivity contribution in [3.63, 3.8) is 0 Å². The summed E-state index contributed by atoms with van der Waals surface area (Å²) in [6, 6.07) is 12.7. The van der Waals surface area contributed by atoms with Gasteiger partial charge in [0.05, 0.1) is 4.88 Å². The fourth-order valence-corrected chi connectivity index (χ4v) is 4.61. The predicted molar refractivity (Wildman–Crippen MR) is 107 cm³/mol. The molecule has 0 bridgehead atoms. The molecular formula is C22H18O4S. The van der Waals surface area contributed by atoms with Crippen LogP contribution in [0.25, 0.3) is 27.3 Å². The molecule has 1 aromatic heterocycles. The van der Waals surface area contributed by atoms with Crippen molar-refractivity contribution in [3.05, 3.63) is 59.0 Å². The zero-order valence-electron chi connectivity index (χ0n) is 14.5. The summed E-state index contributed by atoms with van der Waals surface area (Å²) >= 11 is 1.44. The van der Waals surface area contributed by atoms with Crippen LogP contribution in [0.4, 0.5) is 0 Å². The van der Waals surface area contributed by atoms with Gasteiger partial charge in [0.2, 0.25) is 0 Å². The number of benzene rings is 2. The Bertz CT molecular complexity index is 1060. The molecule has 0 spiro atoms. The van der Waals surface area contributed by atoms with Gasteiger partial charge in [-0.3, -0.25) is 4.79 Å². The summed E-state index contributed by atoms with van der Waals surface area (Å²) in [5, 5.41) is 19.5. The number of Topliss-reactive ketones (excluding diaryl/α,β-unsaturated/α-hetero) is 1. The third-order valence-corrected chi connectivity index (χ3v) is 6.16. The topological polar surface area (TPSA) is 74.6 Å². The van der Waals surface area contributed by atoms with E-state index in [1.54, 1.807) is 12.1 Å². The van der Waals surface area contributed by atoms with Gasteiger partial charge in [-0.05, 0) is 48.2 Å². The van der Waals surface area contributed by atoms with Crippen molar-refractivity contribution in [3.8, 4) is 16.9 Å². The van der Waals surface area contributed by atoms with Gasteiger partial charge in [0.1, 0.15) is 5.75 Å². The molecule has 136 valence electrons. The molecule has 4 rings (SSSR count). The molecule has 1 fully saturated rings. The highest BCUT2D eigenvalue weighted by molar-refractivity contribution is 7.21. The van der Waals surface area contributed by atoms with Gasteiger partial charge in [0, 0.05) is 27.6 Å². The summed E-state index contributed by atoms with van der Waals surface area (Å²) in [7, 11) is 0. The van der Waals surface area contributed by atoms with Crippen LogP contribution < -0.4 is 0 Å². The van der Waals surface area contributed by atoms with Crippen LogP contribution in [0, 0.1) is 5.92 Å². The van der Waals surface area contributed by atoms with Crippen LogP contribution in [0.3, 0.4) is 0 Å².